The number of hydrogen-bond acceptors (Lipinski definition) is 5. The standard InChI is InChI=1S/C17H23N5/c1-3-12(2)21-16-15(18)17(20-11-19-16)22-10-6-8-13-7-4-5-9-14(13)22/h4-5,7,9,11-12H,3,6,8,10,18H2,1-2H3,(H,19,20,21). The molecule has 5 heteroatoms. The Morgan fingerprint density at radius 1 is 1.32 bits per heavy atom. The van der Waals surface area contributed by atoms with Crippen LogP contribution in [0.4, 0.5) is 23.0 Å². The number of rotatable bonds is 4. The summed E-state index contributed by atoms with van der Waals surface area (Å²) in [7, 11) is 0. The molecule has 1 atom stereocenters. The average Bonchev–Trinajstić information content (AvgIpc) is 2.56. The number of hydrogen-bond donors (Lipinski definition) is 2. The maximum atomic E-state index is 6.35. The third-order valence-corrected chi connectivity index (χ3v) is 4.22. The van der Waals surface area contributed by atoms with Crippen molar-refractivity contribution >= 4 is 23.0 Å². The van der Waals surface area contributed by atoms with E-state index in [4.69, 9.17) is 5.73 Å². The first-order valence-corrected chi connectivity index (χ1v) is 7.93. The molecule has 2 heterocycles. The quantitative estimate of drug-likeness (QED) is 0.906. The van der Waals surface area contributed by atoms with Crippen molar-refractivity contribution in [1.82, 2.24) is 9.97 Å². The van der Waals surface area contributed by atoms with Gasteiger partial charge >= 0.3 is 0 Å². The highest BCUT2D eigenvalue weighted by atomic mass is 15.2. The lowest BCUT2D eigenvalue weighted by atomic mass is 10.0. The molecule has 0 radical (unpaired) electrons. The molecule has 0 bridgehead atoms. The topological polar surface area (TPSA) is 67.1 Å². The van der Waals surface area contributed by atoms with Gasteiger partial charge in [-0.1, -0.05) is 25.1 Å². The Bertz CT molecular complexity index is 655. The third kappa shape index (κ3) is 2.71. The summed E-state index contributed by atoms with van der Waals surface area (Å²) in [6.07, 6.45) is 4.82. The zero-order chi connectivity index (χ0) is 15.5. The number of nitrogen functional groups attached to an aromatic ring is 1. The lowest BCUT2D eigenvalue weighted by Gasteiger charge is -2.31. The zero-order valence-corrected chi connectivity index (χ0v) is 13.2. The van der Waals surface area contributed by atoms with Crippen LogP contribution < -0.4 is 16.0 Å². The number of para-hydroxylation sites is 1. The minimum Gasteiger partial charge on any atom is -0.393 e. The van der Waals surface area contributed by atoms with E-state index in [0.29, 0.717) is 11.7 Å². The molecular weight excluding hydrogens is 274 g/mol. The van der Waals surface area contributed by atoms with E-state index in [0.717, 1.165) is 37.4 Å². The Kier molecular flexibility index (Phi) is 4.13. The van der Waals surface area contributed by atoms with Gasteiger partial charge in [0.05, 0.1) is 0 Å². The number of nitrogens with one attached hydrogen (secondary N) is 1. The second-order valence-corrected chi connectivity index (χ2v) is 5.80. The number of aromatic nitrogens is 2. The van der Waals surface area contributed by atoms with E-state index in [-0.39, 0.29) is 0 Å². The first-order chi connectivity index (χ1) is 10.7. The van der Waals surface area contributed by atoms with Crippen LogP contribution in [0.2, 0.25) is 0 Å². The van der Waals surface area contributed by atoms with Crippen molar-refractivity contribution in [2.24, 2.45) is 0 Å². The molecule has 1 aliphatic rings. The summed E-state index contributed by atoms with van der Waals surface area (Å²) in [5.74, 6) is 1.52. The summed E-state index contributed by atoms with van der Waals surface area (Å²) < 4.78 is 0. The second-order valence-electron chi connectivity index (χ2n) is 5.80. The number of anilines is 4. The Labute approximate surface area is 131 Å². The minimum absolute atomic E-state index is 0.332. The minimum atomic E-state index is 0.332. The Balaban J connectivity index is 1.98. The van der Waals surface area contributed by atoms with Crippen LogP contribution in [-0.4, -0.2) is 22.6 Å². The van der Waals surface area contributed by atoms with E-state index in [9.17, 15) is 0 Å². The molecule has 0 saturated carbocycles. The second kappa shape index (κ2) is 6.22. The van der Waals surface area contributed by atoms with Gasteiger partial charge in [-0.2, -0.15) is 0 Å². The van der Waals surface area contributed by atoms with Crippen LogP contribution >= 0.6 is 0 Å². The fraction of sp³-hybridized carbons (Fsp3) is 0.412. The van der Waals surface area contributed by atoms with E-state index >= 15 is 0 Å². The summed E-state index contributed by atoms with van der Waals surface area (Å²) in [5.41, 5.74) is 9.52. The molecule has 5 nitrogen and oxygen atoms in total. The maximum Gasteiger partial charge on any atom is 0.161 e. The van der Waals surface area contributed by atoms with Crippen LogP contribution in [0.1, 0.15) is 32.3 Å². The van der Waals surface area contributed by atoms with Crippen molar-refractivity contribution in [2.75, 3.05) is 22.5 Å². The predicted molar refractivity (Wildman–Crippen MR) is 91.6 cm³/mol. The molecule has 116 valence electrons. The average molecular weight is 297 g/mol. The zero-order valence-electron chi connectivity index (χ0n) is 13.2. The van der Waals surface area contributed by atoms with Crippen LogP contribution in [0.5, 0.6) is 0 Å². The van der Waals surface area contributed by atoms with Crippen molar-refractivity contribution in [3.8, 4) is 0 Å². The predicted octanol–water partition coefficient (Wildman–Crippen LogP) is 3.35. The Hall–Kier alpha value is -2.30. The molecule has 1 aromatic carbocycles. The normalized spacial score (nSPS) is 15.3. The largest absolute Gasteiger partial charge is 0.393 e. The van der Waals surface area contributed by atoms with Gasteiger partial charge in [-0.15, -0.1) is 0 Å². The van der Waals surface area contributed by atoms with Crippen LogP contribution in [0.15, 0.2) is 30.6 Å². The molecule has 3 rings (SSSR count). The number of fused-ring (bicyclic) bond motifs is 1. The van der Waals surface area contributed by atoms with E-state index in [1.165, 1.54) is 11.3 Å². The lowest BCUT2D eigenvalue weighted by molar-refractivity contribution is 0.751. The molecule has 0 fully saturated rings. The van der Waals surface area contributed by atoms with Crippen molar-refractivity contribution in [3.05, 3.63) is 36.2 Å². The molecule has 1 unspecified atom stereocenters. The lowest BCUT2D eigenvalue weighted by Crippen LogP contribution is -2.27. The molecule has 0 amide bonds. The van der Waals surface area contributed by atoms with Gasteiger partial charge in [0.1, 0.15) is 12.0 Å². The smallest absolute Gasteiger partial charge is 0.161 e. The molecule has 22 heavy (non-hydrogen) atoms. The molecule has 1 aromatic heterocycles. The molecule has 0 aliphatic carbocycles. The summed E-state index contributed by atoms with van der Waals surface area (Å²) in [5, 5.41) is 3.36. The van der Waals surface area contributed by atoms with Crippen LogP contribution in [0.25, 0.3) is 0 Å². The van der Waals surface area contributed by atoms with Gasteiger partial charge in [0.15, 0.2) is 11.6 Å². The van der Waals surface area contributed by atoms with Crippen LogP contribution in [0, 0.1) is 0 Å². The summed E-state index contributed by atoms with van der Waals surface area (Å²) in [6.45, 7) is 5.19. The number of nitrogens with zero attached hydrogens (tertiary/aromatic N) is 3. The highest BCUT2D eigenvalue weighted by Crippen LogP contribution is 2.36. The fourth-order valence-electron chi connectivity index (χ4n) is 2.81. The number of aryl methyl sites for hydroxylation is 1. The van der Waals surface area contributed by atoms with Gasteiger partial charge in [-0.3, -0.25) is 0 Å². The maximum absolute atomic E-state index is 6.35. The molecule has 0 saturated heterocycles. The van der Waals surface area contributed by atoms with Gasteiger partial charge in [0.25, 0.3) is 0 Å². The number of nitrogens with two attached hydrogens (primary N) is 1. The first-order valence-electron chi connectivity index (χ1n) is 7.93. The Morgan fingerprint density at radius 2 is 2.14 bits per heavy atom. The highest BCUT2D eigenvalue weighted by Gasteiger charge is 2.22. The van der Waals surface area contributed by atoms with Crippen molar-refractivity contribution in [2.45, 2.75) is 39.2 Å². The highest BCUT2D eigenvalue weighted by molar-refractivity contribution is 5.80. The van der Waals surface area contributed by atoms with E-state index in [1.54, 1.807) is 6.33 Å². The van der Waals surface area contributed by atoms with E-state index in [1.807, 2.05) is 0 Å². The van der Waals surface area contributed by atoms with Gasteiger partial charge in [-0.05, 0) is 37.8 Å². The van der Waals surface area contributed by atoms with Crippen LogP contribution in [-0.2, 0) is 6.42 Å². The summed E-state index contributed by atoms with van der Waals surface area (Å²) in [6, 6.07) is 8.79. The van der Waals surface area contributed by atoms with Gasteiger partial charge < -0.3 is 16.0 Å². The van der Waals surface area contributed by atoms with Gasteiger partial charge in [-0.25, -0.2) is 9.97 Å². The summed E-state index contributed by atoms with van der Waals surface area (Å²) in [4.78, 5) is 11.0. The first kappa shape index (κ1) is 14.6. The summed E-state index contributed by atoms with van der Waals surface area (Å²) >= 11 is 0. The van der Waals surface area contributed by atoms with Crippen molar-refractivity contribution < 1.29 is 0 Å². The van der Waals surface area contributed by atoms with Gasteiger partial charge in [0.2, 0.25) is 0 Å². The molecule has 0 spiro atoms. The SMILES string of the molecule is CCC(C)Nc1ncnc(N2CCCc3ccccc32)c1N. The molecule has 3 N–H and O–H groups in total. The van der Waals surface area contributed by atoms with Crippen molar-refractivity contribution in [1.29, 1.82) is 0 Å². The molecular formula is C17H23N5. The fourth-order valence-corrected chi connectivity index (χ4v) is 2.81. The number of benzene rings is 1. The van der Waals surface area contributed by atoms with E-state index in [2.05, 4.69) is 58.3 Å². The molecule has 1 aliphatic heterocycles. The Morgan fingerprint density at radius 3 is 2.95 bits per heavy atom. The van der Waals surface area contributed by atoms with Gasteiger partial charge in [0, 0.05) is 18.3 Å². The van der Waals surface area contributed by atoms with Crippen LogP contribution in [0.3, 0.4) is 0 Å². The van der Waals surface area contributed by atoms with Crippen molar-refractivity contribution in [3.63, 3.8) is 0 Å². The molecule has 2 aromatic rings. The monoisotopic (exact) mass is 297 g/mol. The van der Waals surface area contributed by atoms with E-state index < -0.39 is 0 Å². The third-order valence-electron chi connectivity index (χ3n) is 4.22.